The van der Waals surface area contributed by atoms with E-state index < -0.39 is 11.5 Å². The highest BCUT2D eigenvalue weighted by atomic mass is 35.5. The van der Waals surface area contributed by atoms with Gasteiger partial charge in [-0.05, 0) is 43.3 Å². The van der Waals surface area contributed by atoms with Gasteiger partial charge in [-0.2, -0.15) is 5.26 Å². The number of carboxylic acids is 1. The molecule has 2 aromatic carbocycles. The summed E-state index contributed by atoms with van der Waals surface area (Å²) in [6, 6.07) is 11.9. The molecule has 1 N–H and O–H groups in total. The van der Waals surface area contributed by atoms with Crippen LogP contribution in [0.1, 0.15) is 45.4 Å². The third-order valence-electron chi connectivity index (χ3n) is 6.50. The molecule has 5 rings (SSSR count). The number of fused-ring (bicyclic) bond motifs is 2. The summed E-state index contributed by atoms with van der Waals surface area (Å²) in [7, 11) is 0. The van der Waals surface area contributed by atoms with Crippen LogP contribution in [0, 0.1) is 18.3 Å². The number of nitrogens with zero attached hydrogens (tertiary/aromatic N) is 4. The summed E-state index contributed by atoms with van der Waals surface area (Å²) in [6.45, 7) is 3.64. The Morgan fingerprint density at radius 1 is 1.20 bits per heavy atom. The molecule has 0 bridgehead atoms. The molecule has 0 saturated heterocycles. The number of halogens is 1. The monoisotopic (exact) mass is 572 g/mol. The number of aromatic carboxylic acids is 1. The summed E-state index contributed by atoms with van der Waals surface area (Å²) in [5.74, 6) is -0.293. The molecule has 0 saturated carbocycles. The zero-order valence-corrected chi connectivity index (χ0v) is 23.0. The molecule has 3 aromatic heterocycles. The molecule has 0 atom stereocenters. The minimum atomic E-state index is -1.06. The maximum atomic E-state index is 13.4. The number of hydrogen-bond acceptors (Lipinski definition) is 8. The number of aryl methyl sites for hydroxylation is 1. The summed E-state index contributed by atoms with van der Waals surface area (Å²) in [4.78, 5) is 46.0. The Labute approximate surface area is 236 Å². The lowest BCUT2D eigenvalue weighted by Gasteiger charge is -2.15. The molecule has 11 heteroatoms. The second kappa shape index (κ2) is 10.9. The molecule has 5 aromatic rings. The van der Waals surface area contributed by atoms with Crippen LogP contribution in [0.15, 0.2) is 52.8 Å². The molecule has 0 spiro atoms. The Bertz CT molecular complexity index is 1940. The van der Waals surface area contributed by atoms with E-state index in [0.717, 1.165) is 5.56 Å². The first-order valence-corrected chi connectivity index (χ1v) is 13.5. The normalized spacial score (nSPS) is 11.1. The number of benzene rings is 2. The smallest absolute Gasteiger partial charge is 0.338 e. The number of carboxylic acid groups (broad SMARTS) is 1. The van der Waals surface area contributed by atoms with E-state index in [4.69, 9.17) is 16.3 Å². The number of carbonyl (C=O) groups excluding carboxylic acids is 1. The van der Waals surface area contributed by atoms with Crippen LogP contribution in [-0.2, 0) is 6.54 Å². The predicted octanol–water partition coefficient (Wildman–Crippen LogP) is 5.88. The Hall–Kier alpha value is -4.59. The number of Topliss-reactive ketones (excluding diaryl/α,β-unsaturated/α-hetero) is 1. The number of nitriles is 1. The van der Waals surface area contributed by atoms with Crippen molar-refractivity contribution < 1.29 is 19.4 Å². The van der Waals surface area contributed by atoms with Gasteiger partial charge in [0.25, 0.3) is 5.56 Å². The van der Waals surface area contributed by atoms with Crippen molar-refractivity contribution in [3.8, 4) is 22.9 Å². The standard InChI is InChI=1S/C29H21ClN4O5S/c1-3-23(35)16-10-17(13-31)25-22(11-16)33-15(2)34(28(25)36)8-9-39-24-5-4-18(30)12-20(24)19-6-7-32-26-21(29(37)38)14-40-27(19)26/h4-7,10-12,14H,3,8-9H2,1-2H3,(H,37,38). The average Bonchev–Trinajstić information content (AvgIpc) is 3.39. The summed E-state index contributed by atoms with van der Waals surface area (Å²) in [5, 5.41) is 21.4. The van der Waals surface area contributed by atoms with Crippen LogP contribution in [0.3, 0.4) is 0 Å². The van der Waals surface area contributed by atoms with Crippen LogP contribution in [0.4, 0.5) is 0 Å². The molecule has 3 heterocycles. The molecular formula is C29H21ClN4O5S. The van der Waals surface area contributed by atoms with E-state index in [1.807, 2.05) is 6.07 Å². The highest BCUT2D eigenvalue weighted by molar-refractivity contribution is 7.18. The van der Waals surface area contributed by atoms with Crippen molar-refractivity contribution in [1.82, 2.24) is 14.5 Å². The number of ether oxygens (including phenoxy) is 1. The van der Waals surface area contributed by atoms with E-state index in [9.17, 15) is 24.8 Å². The van der Waals surface area contributed by atoms with Gasteiger partial charge in [0.1, 0.15) is 24.3 Å². The third-order valence-corrected chi connectivity index (χ3v) is 7.74. The van der Waals surface area contributed by atoms with Crippen LogP contribution in [-0.4, -0.2) is 38.0 Å². The second-order valence-electron chi connectivity index (χ2n) is 8.90. The Morgan fingerprint density at radius 2 is 2.00 bits per heavy atom. The molecule has 0 aliphatic carbocycles. The van der Waals surface area contributed by atoms with Crippen molar-refractivity contribution in [1.29, 1.82) is 5.26 Å². The minimum absolute atomic E-state index is 0.0932. The maximum absolute atomic E-state index is 13.4. The van der Waals surface area contributed by atoms with Gasteiger partial charge in [-0.25, -0.2) is 9.78 Å². The summed E-state index contributed by atoms with van der Waals surface area (Å²) >= 11 is 7.57. The quantitative estimate of drug-likeness (QED) is 0.228. The first-order valence-electron chi connectivity index (χ1n) is 12.2. The minimum Gasteiger partial charge on any atom is -0.491 e. The van der Waals surface area contributed by atoms with Gasteiger partial charge < -0.3 is 9.84 Å². The number of pyridine rings is 1. The lowest BCUT2D eigenvalue weighted by molar-refractivity contribution is 0.0699. The van der Waals surface area contributed by atoms with Gasteiger partial charge in [-0.3, -0.25) is 19.1 Å². The largest absolute Gasteiger partial charge is 0.491 e. The Kier molecular flexibility index (Phi) is 7.34. The molecule has 0 radical (unpaired) electrons. The second-order valence-corrected chi connectivity index (χ2v) is 10.2. The number of rotatable bonds is 8. The fourth-order valence-electron chi connectivity index (χ4n) is 4.56. The number of aromatic nitrogens is 3. The van der Waals surface area contributed by atoms with E-state index in [0.29, 0.717) is 43.5 Å². The zero-order chi connectivity index (χ0) is 28.6. The predicted molar refractivity (Wildman–Crippen MR) is 153 cm³/mol. The fourth-order valence-corrected chi connectivity index (χ4v) is 5.75. The highest BCUT2D eigenvalue weighted by Crippen LogP contribution is 2.39. The summed E-state index contributed by atoms with van der Waals surface area (Å²) < 4.78 is 8.23. The molecule has 0 unspecified atom stereocenters. The van der Waals surface area contributed by atoms with Crippen LogP contribution in [0.5, 0.6) is 5.75 Å². The van der Waals surface area contributed by atoms with Crippen molar-refractivity contribution in [2.45, 2.75) is 26.8 Å². The van der Waals surface area contributed by atoms with Gasteiger partial charge in [0.05, 0.1) is 38.8 Å². The Balaban J connectivity index is 1.48. The maximum Gasteiger partial charge on any atom is 0.338 e. The van der Waals surface area contributed by atoms with Crippen LogP contribution in [0.25, 0.3) is 32.2 Å². The summed E-state index contributed by atoms with van der Waals surface area (Å²) in [6.07, 6.45) is 1.81. The lowest BCUT2D eigenvalue weighted by atomic mass is 10.0. The topological polar surface area (TPSA) is 135 Å². The van der Waals surface area contributed by atoms with Crippen LogP contribution >= 0.6 is 22.9 Å². The fraction of sp³-hybridized carbons (Fsp3) is 0.172. The van der Waals surface area contributed by atoms with Crippen molar-refractivity contribution in [2.75, 3.05) is 6.61 Å². The number of thiophene rings is 1. The van der Waals surface area contributed by atoms with Crippen molar-refractivity contribution in [3.63, 3.8) is 0 Å². The first kappa shape index (κ1) is 27.0. The first-order chi connectivity index (χ1) is 19.2. The number of carbonyl (C=O) groups is 2. The number of ketones is 1. The molecule has 200 valence electrons. The molecule has 0 amide bonds. The molecule has 40 heavy (non-hydrogen) atoms. The van der Waals surface area contributed by atoms with Gasteiger partial charge >= 0.3 is 5.97 Å². The molecule has 0 fully saturated rings. The van der Waals surface area contributed by atoms with Gasteiger partial charge in [-0.1, -0.05) is 18.5 Å². The zero-order valence-electron chi connectivity index (χ0n) is 21.4. The van der Waals surface area contributed by atoms with E-state index in [2.05, 4.69) is 9.97 Å². The van der Waals surface area contributed by atoms with Gasteiger partial charge in [0.15, 0.2) is 5.78 Å². The summed E-state index contributed by atoms with van der Waals surface area (Å²) in [5.41, 5.74) is 2.21. The lowest BCUT2D eigenvalue weighted by Crippen LogP contribution is -2.27. The van der Waals surface area contributed by atoms with Crippen molar-refractivity contribution >= 4 is 55.8 Å². The number of hydrogen-bond donors (Lipinski definition) is 1. The molecular weight excluding hydrogens is 552 g/mol. The SMILES string of the molecule is CCC(=O)c1cc(C#N)c2c(=O)n(CCOc3ccc(Cl)cc3-c3ccnc4c(C(=O)O)csc34)c(C)nc2c1. The van der Waals surface area contributed by atoms with Crippen LogP contribution in [0.2, 0.25) is 5.02 Å². The van der Waals surface area contributed by atoms with E-state index in [1.165, 1.54) is 28.2 Å². The van der Waals surface area contributed by atoms with Gasteiger partial charge in [0, 0.05) is 39.7 Å². The van der Waals surface area contributed by atoms with Gasteiger partial charge in [-0.15, -0.1) is 11.3 Å². The van der Waals surface area contributed by atoms with E-state index >= 15 is 0 Å². The average molecular weight is 573 g/mol. The molecule has 0 aliphatic rings. The Morgan fingerprint density at radius 3 is 2.73 bits per heavy atom. The van der Waals surface area contributed by atoms with Gasteiger partial charge in [0.2, 0.25) is 0 Å². The van der Waals surface area contributed by atoms with E-state index in [-0.39, 0.29) is 41.9 Å². The third kappa shape index (κ3) is 4.81. The van der Waals surface area contributed by atoms with E-state index in [1.54, 1.807) is 49.6 Å². The highest BCUT2D eigenvalue weighted by Gasteiger charge is 2.19. The van der Waals surface area contributed by atoms with Crippen molar-refractivity contribution in [3.05, 3.63) is 85.9 Å². The molecule has 9 nitrogen and oxygen atoms in total. The molecule has 0 aliphatic heterocycles. The van der Waals surface area contributed by atoms with Crippen LogP contribution < -0.4 is 10.3 Å². The van der Waals surface area contributed by atoms with Crippen molar-refractivity contribution in [2.24, 2.45) is 0 Å².